The Balaban J connectivity index is 1.22. The fraction of sp³-hybridized carbons (Fsp3) is 0.0600. The molecule has 3 heterocycles. The van der Waals surface area contributed by atoms with Gasteiger partial charge in [-0.15, -0.1) is 0 Å². The summed E-state index contributed by atoms with van der Waals surface area (Å²) in [7, 11) is 0. The Morgan fingerprint density at radius 1 is 0.528 bits per heavy atom. The molecule has 1 aliphatic heterocycles. The van der Waals surface area contributed by atoms with Gasteiger partial charge >= 0.3 is 0 Å². The summed E-state index contributed by atoms with van der Waals surface area (Å²) in [4.78, 5) is 8.23. The number of hydrogen-bond acceptors (Lipinski definition) is 2. The van der Waals surface area contributed by atoms with Crippen molar-refractivity contribution in [2.24, 2.45) is 0 Å². The molecule has 2 N–H and O–H groups in total. The summed E-state index contributed by atoms with van der Waals surface area (Å²) in [6, 6.07) is 53.0. The highest BCUT2D eigenvalue weighted by atomic mass is 14.9. The number of benzene rings is 7. The van der Waals surface area contributed by atoms with Crippen molar-refractivity contribution >= 4 is 54.6 Å². The van der Waals surface area contributed by atoms with Gasteiger partial charge in [-0.1, -0.05) is 120 Å². The lowest BCUT2D eigenvalue weighted by Crippen LogP contribution is -2.22. The van der Waals surface area contributed by atoms with E-state index in [4.69, 9.17) is 4.98 Å². The van der Waals surface area contributed by atoms with Crippen LogP contribution in [0.1, 0.15) is 33.9 Å². The number of nitrogens with one attached hydrogen (secondary N) is 2. The largest absolute Gasteiger partial charge is 0.374 e. The van der Waals surface area contributed by atoms with Gasteiger partial charge in [-0.25, -0.2) is 0 Å². The molecule has 0 saturated carbocycles. The number of fused-ring (bicyclic) bond motifs is 4. The number of hydrogen-bond donors (Lipinski definition) is 2. The molecule has 0 amide bonds. The van der Waals surface area contributed by atoms with Crippen LogP contribution in [0.25, 0.3) is 76.9 Å². The Morgan fingerprint density at radius 2 is 1.23 bits per heavy atom. The van der Waals surface area contributed by atoms with Crippen LogP contribution >= 0.6 is 0 Å². The third kappa shape index (κ3) is 5.49. The highest BCUT2D eigenvalue weighted by Gasteiger charge is 2.22. The number of dihydropyridines is 1. The normalized spacial score (nSPS) is 14.4. The summed E-state index contributed by atoms with van der Waals surface area (Å²) < 4.78 is 0. The van der Waals surface area contributed by atoms with Gasteiger partial charge in [0.1, 0.15) is 0 Å². The van der Waals surface area contributed by atoms with Crippen LogP contribution in [-0.4, -0.2) is 9.97 Å². The Hall–Kier alpha value is -6.71. The van der Waals surface area contributed by atoms with Crippen molar-refractivity contribution in [2.75, 3.05) is 0 Å². The number of aryl methyl sites for hydroxylation is 2. The van der Waals surface area contributed by atoms with E-state index in [0.717, 1.165) is 44.4 Å². The predicted molar refractivity (Wildman–Crippen MR) is 224 cm³/mol. The number of rotatable bonds is 5. The molecule has 0 saturated heterocycles. The lowest BCUT2D eigenvalue weighted by Gasteiger charge is -2.27. The zero-order valence-electron chi connectivity index (χ0n) is 29.7. The highest BCUT2D eigenvalue weighted by molar-refractivity contribution is 6.02. The van der Waals surface area contributed by atoms with E-state index in [1.165, 1.54) is 60.3 Å². The van der Waals surface area contributed by atoms with Crippen molar-refractivity contribution in [3.63, 3.8) is 0 Å². The van der Waals surface area contributed by atoms with Crippen molar-refractivity contribution in [1.29, 1.82) is 0 Å². The van der Waals surface area contributed by atoms with Crippen molar-refractivity contribution in [1.82, 2.24) is 15.3 Å². The van der Waals surface area contributed by atoms with Crippen molar-refractivity contribution in [3.05, 3.63) is 198 Å². The fourth-order valence-electron chi connectivity index (χ4n) is 8.24. The van der Waals surface area contributed by atoms with Crippen LogP contribution in [0, 0.1) is 13.8 Å². The van der Waals surface area contributed by atoms with Crippen molar-refractivity contribution in [2.45, 2.75) is 19.9 Å². The van der Waals surface area contributed by atoms with E-state index in [1.807, 2.05) is 6.20 Å². The zero-order valence-corrected chi connectivity index (χ0v) is 29.7. The molecule has 7 aromatic carbocycles. The zero-order chi connectivity index (χ0) is 35.5. The minimum atomic E-state index is -0.0564. The van der Waals surface area contributed by atoms with Gasteiger partial charge in [-0.3, -0.25) is 4.98 Å². The summed E-state index contributed by atoms with van der Waals surface area (Å²) >= 11 is 0. The van der Waals surface area contributed by atoms with Crippen LogP contribution in [0.3, 0.4) is 0 Å². The van der Waals surface area contributed by atoms with E-state index in [2.05, 4.69) is 188 Å². The molecule has 0 spiro atoms. The van der Waals surface area contributed by atoms with Crippen molar-refractivity contribution < 1.29 is 0 Å². The van der Waals surface area contributed by atoms with Gasteiger partial charge in [0.2, 0.25) is 0 Å². The smallest absolute Gasteiger partial charge is 0.0713 e. The van der Waals surface area contributed by atoms with E-state index < -0.39 is 0 Å². The standard InChI is InChI=1S/C50H37N3/c1-31-17-19-40-33(23-31)9-7-13-39(40)37-28-49(53-50(29-37)44-14-8-10-34-24-32(2)18-20-41(34)44)38-26-35(42-21-22-51-47-15-5-3-11-43(42)47)25-36(27-38)46-30-52-48-16-6-4-12-45(46)48/h3-30,50,52-53H,1-2H3. The molecule has 0 radical (unpaired) electrons. The Morgan fingerprint density at radius 3 is 2.08 bits per heavy atom. The minimum absolute atomic E-state index is 0.0564. The first kappa shape index (κ1) is 31.1. The maximum atomic E-state index is 4.70. The van der Waals surface area contributed by atoms with E-state index in [9.17, 15) is 0 Å². The fourth-order valence-corrected chi connectivity index (χ4v) is 8.24. The summed E-state index contributed by atoms with van der Waals surface area (Å²) in [5.41, 5.74) is 15.2. The number of H-pyrrole nitrogens is 1. The minimum Gasteiger partial charge on any atom is -0.374 e. The average molecular weight is 680 g/mol. The first-order chi connectivity index (χ1) is 26.1. The third-order valence-corrected chi connectivity index (χ3v) is 10.8. The second kappa shape index (κ2) is 12.5. The first-order valence-corrected chi connectivity index (χ1v) is 18.3. The second-order valence-electron chi connectivity index (χ2n) is 14.3. The quantitative estimate of drug-likeness (QED) is 0.190. The lowest BCUT2D eigenvalue weighted by atomic mass is 9.87. The first-order valence-electron chi connectivity index (χ1n) is 18.3. The van der Waals surface area contributed by atoms with E-state index in [1.54, 1.807) is 0 Å². The molecule has 1 aliphatic rings. The van der Waals surface area contributed by atoms with Gasteiger partial charge in [0, 0.05) is 39.9 Å². The molecule has 252 valence electrons. The van der Waals surface area contributed by atoms with Crippen LogP contribution in [0.2, 0.25) is 0 Å². The van der Waals surface area contributed by atoms with Crippen LogP contribution in [-0.2, 0) is 0 Å². The van der Waals surface area contributed by atoms with E-state index in [0.29, 0.717) is 0 Å². The molecule has 0 bridgehead atoms. The number of aromatic amines is 1. The lowest BCUT2D eigenvalue weighted by molar-refractivity contribution is 0.773. The van der Waals surface area contributed by atoms with E-state index in [-0.39, 0.29) is 6.04 Å². The summed E-state index contributed by atoms with van der Waals surface area (Å²) in [5.74, 6) is 0. The van der Waals surface area contributed by atoms with Crippen LogP contribution < -0.4 is 5.32 Å². The Kier molecular flexibility index (Phi) is 7.33. The predicted octanol–water partition coefficient (Wildman–Crippen LogP) is 12.7. The van der Waals surface area contributed by atoms with Crippen LogP contribution in [0.4, 0.5) is 0 Å². The SMILES string of the molecule is Cc1ccc2c(C3=CC(c4cccc5cc(C)ccc45)NC(c4cc(-c5ccnc6ccccc56)cc(-c5c[nH]c6ccccc56)c4)=C3)cccc2c1. The molecule has 0 aliphatic carbocycles. The summed E-state index contributed by atoms with van der Waals surface area (Å²) in [6.07, 6.45) is 8.83. The number of nitrogens with zero attached hydrogens (tertiary/aromatic N) is 1. The highest BCUT2D eigenvalue weighted by Crippen LogP contribution is 2.41. The molecule has 2 aromatic heterocycles. The Bertz CT molecular complexity index is 2950. The molecule has 1 unspecified atom stereocenters. The topological polar surface area (TPSA) is 40.7 Å². The molecule has 10 rings (SSSR count). The maximum absolute atomic E-state index is 4.70. The molecule has 3 nitrogen and oxygen atoms in total. The Labute approximate surface area is 309 Å². The summed E-state index contributed by atoms with van der Waals surface area (Å²) in [5, 5.41) is 11.4. The van der Waals surface area contributed by atoms with Gasteiger partial charge in [0.25, 0.3) is 0 Å². The van der Waals surface area contributed by atoms with Crippen molar-refractivity contribution in [3.8, 4) is 22.3 Å². The maximum Gasteiger partial charge on any atom is 0.0713 e. The van der Waals surface area contributed by atoms with Gasteiger partial charge < -0.3 is 10.3 Å². The second-order valence-corrected chi connectivity index (χ2v) is 14.3. The average Bonchev–Trinajstić information content (AvgIpc) is 3.64. The van der Waals surface area contributed by atoms with Crippen LogP contribution in [0.5, 0.6) is 0 Å². The molecule has 1 atom stereocenters. The monoisotopic (exact) mass is 679 g/mol. The molecule has 53 heavy (non-hydrogen) atoms. The number of allylic oxidation sites excluding steroid dienone is 2. The number of para-hydroxylation sites is 2. The van der Waals surface area contributed by atoms with Gasteiger partial charge in [-0.05, 0) is 123 Å². The molecule has 0 fully saturated rings. The van der Waals surface area contributed by atoms with Crippen LogP contribution in [0.15, 0.2) is 170 Å². The third-order valence-electron chi connectivity index (χ3n) is 10.8. The summed E-state index contributed by atoms with van der Waals surface area (Å²) in [6.45, 7) is 4.33. The number of aromatic nitrogens is 2. The van der Waals surface area contributed by atoms with Gasteiger partial charge in [-0.2, -0.15) is 0 Å². The molecule has 9 aromatic rings. The van der Waals surface area contributed by atoms with Gasteiger partial charge in [0.15, 0.2) is 0 Å². The van der Waals surface area contributed by atoms with E-state index >= 15 is 0 Å². The number of pyridine rings is 1. The molecular formula is C50H37N3. The van der Waals surface area contributed by atoms with Gasteiger partial charge in [0.05, 0.1) is 11.6 Å². The molecular weight excluding hydrogens is 643 g/mol. The molecule has 3 heteroatoms.